The number of fused-ring (bicyclic) bond motifs is 13. The van der Waals surface area contributed by atoms with Crippen molar-refractivity contribution in [1.82, 2.24) is 4.98 Å². The van der Waals surface area contributed by atoms with E-state index in [1.807, 2.05) is 14.1 Å². The molecular formula is C47H55F12N3O12P2. The summed E-state index contributed by atoms with van der Waals surface area (Å²) in [6, 6.07) is 23.7. The number of nitrogens with zero attached hydrogens (tertiary/aromatic N) is 3. The van der Waals surface area contributed by atoms with Crippen molar-refractivity contribution in [1.29, 1.82) is 0 Å². The van der Waals surface area contributed by atoms with Crippen LogP contribution in [0.15, 0.2) is 104 Å². The Morgan fingerprint density at radius 3 is 1.01 bits per heavy atom. The van der Waals surface area contributed by atoms with Gasteiger partial charge in [0.25, 0.3) is 0 Å². The number of rotatable bonds is 3. The summed E-state index contributed by atoms with van der Waals surface area (Å²) in [5, 5.41) is 0. The number of aromatic nitrogens is 3. The van der Waals surface area contributed by atoms with E-state index in [9.17, 15) is 60.0 Å². The summed E-state index contributed by atoms with van der Waals surface area (Å²) in [6.07, 6.45) is 10.6. The van der Waals surface area contributed by atoms with Gasteiger partial charge in [-0.1, -0.05) is 18.2 Å². The van der Waals surface area contributed by atoms with E-state index in [1.54, 1.807) is 36.4 Å². The number of benzene rings is 2. The average Bonchev–Trinajstić information content (AvgIpc) is 3.32. The van der Waals surface area contributed by atoms with E-state index in [0.717, 1.165) is 12.8 Å². The second-order valence-corrected chi connectivity index (χ2v) is 20.0. The predicted molar refractivity (Wildman–Crippen MR) is 250 cm³/mol. The van der Waals surface area contributed by atoms with Crippen LogP contribution in [-0.2, 0) is 68.6 Å². The van der Waals surface area contributed by atoms with Gasteiger partial charge in [-0.3, -0.25) is 0 Å². The maximum Gasteiger partial charge on any atom is 0.357 e. The van der Waals surface area contributed by atoms with Crippen LogP contribution in [0.4, 0.5) is 50.4 Å². The van der Waals surface area contributed by atoms with Gasteiger partial charge in [0.05, 0.1) is 52.9 Å². The van der Waals surface area contributed by atoms with Crippen LogP contribution in [-0.4, -0.2) is 96.2 Å². The van der Waals surface area contributed by atoms with Crippen LogP contribution in [0.2, 0.25) is 0 Å². The summed E-state index contributed by atoms with van der Waals surface area (Å²) in [7, 11) is -17.2. The Morgan fingerprint density at radius 1 is 0.408 bits per heavy atom. The first-order valence-corrected chi connectivity index (χ1v) is 26.8. The minimum absolute atomic E-state index is 0.0331. The number of ether oxygens (including phenoxy) is 10. The first kappa shape index (κ1) is 62.4. The Balaban J connectivity index is 0.000000336. The summed E-state index contributed by atoms with van der Waals surface area (Å²) < 4.78 is 180. The molecule has 3 aromatic heterocycles. The molecular weight excluding hydrogens is 1090 g/mol. The molecule has 0 amide bonds. The number of pyridine rings is 3. The number of carbonyl (C=O) groups excluding carboxylic acids is 2. The molecule has 424 valence electrons. The molecule has 0 aliphatic carbocycles. The quantitative estimate of drug-likeness (QED) is 0.0555. The van der Waals surface area contributed by atoms with Crippen molar-refractivity contribution in [3.8, 4) is 23.0 Å². The molecule has 6 bridgehead atoms. The zero-order valence-electron chi connectivity index (χ0n) is 40.8. The van der Waals surface area contributed by atoms with Crippen LogP contribution in [0, 0.1) is 0 Å². The first-order valence-electron chi connectivity index (χ1n) is 22.7. The molecule has 76 heavy (non-hydrogen) atoms. The molecule has 0 N–H and O–H groups in total. The van der Waals surface area contributed by atoms with Gasteiger partial charge in [0.15, 0.2) is 47.8 Å². The Morgan fingerprint density at radius 2 is 0.697 bits per heavy atom. The molecule has 0 fully saturated rings. The van der Waals surface area contributed by atoms with Crippen LogP contribution in [0.3, 0.4) is 0 Å². The molecule has 2 aromatic carbocycles. The molecule has 5 heterocycles. The molecule has 0 saturated heterocycles. The van der Waals surface area contributed by atoms with E-state index < -0.39 is 27.6 Å². The molecule has 7 rings (SSSR count). The second kappa shape index (κ2) is 26.3. The molecule has 2 aliphatic rings. The number of aryl methyl sites for hydroxylation is 4. The summed E-state index contributed by atoms with van der Waals surface area (Å²) >= 11 is 0. The van der Waals surface area contributed by atoms with Gasteiger partial charge >= 0.3 is 77.9 Å². The number of carbonyl (C=O) groups is 2. The smallest absolute Gasteiger partial charge is 0.357 e. The number of esters is 2. The summed E-state index contributed by atoms with van der Waals surface area (Å²) in [5.41, 5.74) is 4.04. The standard InChI is InChI=1S/C33H37NO12.C14H18N2.2F6P/c35-32-26-2-1-3-27(34-26)33(36)46-23-25-5-7-29-31(21-25)44-19-15-40-11-10-39-14-18-43-30-20-24(22-45-32)4-6-28(30)41-16-12-37-8-9-38-13-17-42-29;1-15-9-5-13(6-10-15)3-4-14-7-11-16(2)12-8-14;2*1-7(2,3,4,5)6/h1-7,20-21H,8-19,22-23H2;5-12H,3-4H2,1-2H3;;/q;+2;2*-1. The van der Waals surface area contributed by atoms with Crippen molar-refractivity contribution in [2.24, 2.45) is 14.1 Å². The van der Waals surface area contributed by atoms with Gasteiger partial charge in [-0.05, 0) is 71.5 Å². The van der Waals surface area contributed by atoms with Gasteiger partial charge in [0.2, 0.25) is 0 Å². The van der Waals surface area contributed by atoms with Gasteiger partial charge in [-0.15, -0.1) is 0 Å². The Bertz CT molecular complexity index is 2450. The molecule has 0 spiro atoms. The van der Waals surface area contributed by atoms with Crippen LogP contribution in [0.25, 0.3) is 0 Å². The topological polar surface area (TPSA) is 147 Å². The minimum Gasteiger partial charge on any atom is -0.487 e. The van der Waals surface area contributed by atoms with Gasteiger partial charge in [-0.2, -0.15) is 0 Å². The predicted octanol–water partition coefficient (Wildman–Crippen LogP) is 11.3. The van der Waals surface area contributed by atoms with Crippen molar-refractivity contribution >= 4 is 27.6 Å². The van der Waals surface area contributed by atoms with Crippen LogP contribution >= 0.6 is 15.6 Å². The molecule has 29 heteroatoms. The molecule has 0 atom stereocenters. The van der Waals surface area contributed by atoms with Gasteiger partial charge in [0.1, 0.15) is 65.1 Å². The maximum absolute atomic E-state index is 12.8. The van der Waals surface area contributed by atoms with Crippen molar-refractivity contribution < 1.29 is 116 Å². The van der Waals surface area contributed by atoms with Crippen molar-refractivity contribution in [3.63, 3.8) is 0 Å². The maximum atomic E-state index is 12.8. The number of cyclic esters (lactones) is 2. The SMILES string of the molecule is C[n+]1ccc(CCc2cc[n+](C)cc2)cc1.F[P-](F)(F)(F)(F)F.F[P-](F)(F)(F)(F)F.O=C1OCc2ccc3c(c2)OCCOCCOCCOc2cc(ccc2OCCOCCOCCO3)COC(=O)c2cccc1n2. The van der Waals surface area contributed by atoms with Crippen LogP contribution in [0.5, 0.6) is 23.0 Å². The van der Waals surface area contributed by atoms with E-state index >= 15 is 0 Å². The van der Waals surface area contributed by atoms with Crippen molar-refractivity contribution in [2.75, 3.05) is 79.3 Å². The van der Waals surface area contributed by atoms with Crippen molar-refractivity contribution in [2.45, 2.75) is 26.1 Å². The molecule has 2 aliphatic heterocycles. The number of halogens is 12. The van der Waals surface area contributed by atoms with Crippen LogP contribution < -0.4 is 28.1 Å². The minimum atomic E-state index is -10.7. The third-order valence-electron chi connectivity index (χ3n) is 9.41. The van der Waals surface area contributed by atoms with Gasteiger partial charge in [-0.25, -0.2) is 23.7 Å². The second-order valence-electron chi connectivity index (χ2n) is 16.1. The van der Waals surface area contributed by atoms with E-state index in [1.165, 1.54) is 29.3 Å². The normalized spacial score (nSPS) is 17.3. The summed E-state index contributed by atoms with van der Waals surface area (Å²) in [5.74, 6) is 0.522. The van der Waals surface area contributed by atoms with Crippen LogP contribution in [0.1, 0.15) is 43.2 Å². The van der Waals surface area contributed by atoms with E-state index in [4.69, 9.17) is 47.4 Å². The zero-order valence-corrected chi connectivity index (χ0v) is 42.6. The third-order valence-corrected chi connectivity index (χ3v) is 9.41. The first-order chi connectivity index (χ1) is 35.3. The largest absolute Gasteiger partial charge is 0.487 e. The molecule has 0 radical (unpaired) electrons. The number of hydrogen-bond donors (Lipinski definition) is 0. The summed E-state index contributed by atoms with van der Waals surface area (Å²) in [6.45, 7) is 3.76. The molecule has 5 aromatic rings. The Kier molecular flexibility index (Phi) is 21.6. The van der Waals surface area contributed by atoms with E-state index in [0.29, 0.717) is 87.0 Å². The van der Waals surface area contributed by atoms with Gasteiger partial charge in [0, 0.05) is 24.3 Å². The molecule has 15 nitrogen and oxygen atoms in total. The average molecular weight is 1140 g/mol. The molecule has 0 unspecified atom stereocenters. The fourth-order valence-electron chi connectivity index (χ4n) is 6.03. The Labute approximate surface area is 427 Å². The van der Waals surface area contributed by atoms with E-state index in [2.05, 4.69) is 63.2 Å². The van der Waals surface area contributed by atoms with E-state index in [-0.39, 0.29) is 51.0 Å². The molecule has 0 saturated carbocycles. The summed E-state index contributed by atoms with van der Waals surface area (Å²) in [4.78, 5) is 29.9. The zero-order chi connectivity index (χ0) is 56.0. The monoisotopic (exact) mass is 1140 g/mol. The number of hydrogen-bond acceptors (Lipinski definition) is 13. The fourth-order valence-corrected chi connectivity index (χ4v) is 6.03. The Hall–Kier alpha value is -6.11. The van der Waals surface area contributed by atoms with Gasteiger partial charge < -0.3 is 47.4 Å². The van der Waals surface area contributed by atoms with Crippen molar-refractivity contribution in [3.05, 3.63) is 137 Å². The fraction of sp³-hybridized carbons (Fsp3) is 0.383. The third kappa shape index (κ3) is 31.1.